The highest BCUT2D eigenvalue weighted by atomic mass is 35.5. The first-order chi connectivity index (χ1) is 10.8. The number of pyridine rings is 1. The second kappa shape index (κ2) is 9.20. The van der Waals surface area contributed by atoms with Crippen LogP contribution in [0.15, 0.2) is 49.2 Å². The first kappa shape index (κ1) is 22.2. The standard InChI is InChI=1S/C19H23N3.3ClH/c1-2-13-12-22-10-8-14(13)11-18(22)19(20)16-7-9-21-17-6-4-3-5-15(16)17;;;/h2-7,9,13-14,18-19H,1,8,10-12,20H2;3*1H/t13?,14?,18?,19-;;;/m0.../s1. The molecule has 1 aromatic carbocycles. The van der Waals surface area contributed by atoms with E-state index >= 15 is 0 Å². The Morgan fingerprint density at radius 3 is 2.64 bits per heavy atom. The number of hydrogen-bond acceptors (Lipinski definition) is 3. The van der Waals surface area contributed by atoms with Crippen molar-refractivity contribution in [3.05, 3.63) is 54.7 Å². The van der Waals surface area contributed by atoms with Gasteiger partial charge in [-0.3, -0.25) is 9.88 Å². The summed E-state index contributed by atoms with van der Waals surface area (Å²) in [5, 5.41) is 1.19. The average Bonchev–Trinajstić information content (AvgIpc) is 2.60. The van der Waals surface area contributed by atoms with Crippen molar-refractivity contribution in [2.45, 2.75) is 24.9 Å². The minimum absolute atomic E-state index is 0. The molecule has 0 amide bonds. The Balaban J connectivity index is 0.00000104. The van der Waals surface area contributed by atoms with Crippen molar-refractivity contribution in [1.82, 2.24) is 9.88 Å². The molecule has 0 saturated carbocycles. The molecule has 138 valence electrons. The predicted octanol–water partition coefficient (Wildman–Crippen LogP) is 4.40. The molecule has 2 aromatic rings. The van der Waals surface area contributed by atoms with E-state index in [-0.39, 0.29) is 43.3 Å². The maximum absolute atomic E-state index is 6.71. The Bertz CT molecular complexity index is 704. The summed E-state index contributed by atoms with van der Waals surface area (Å²) in [5.41, 5.74) is 8.99. The molecule has 4 unspecified atom stereocenters. The second-order valence-electron chi connectivity index (χ2n) is 6.69. The molecule has 4 heterocycles. The minimum Gasteiger partial charge on any atom is -0.323 e. The molecule has 2 bridgehead atoms. The Morgan fingerprint density at radius 1 is 1.20 bits per heavy atom. The maximum Gasteiger partial charge on any atom is 0.0705 e. The number of hydrogen-bond donors (Lipinski definition) is 1. The summed E-state index contributed by atoms with van der Waals surface area (Å²) in [6, 6.07) is 10.9. The molecule has 3 aliphatic heterocycles. The van der Waals surface area contributed by atoms with Gasteiger partial charge in [0.15, 0.2) is 0 Å². The predicted molar refractivity (Wildman–Crippen MR) is 112 cm³/mol. The molecule has 6 heteroatoms. The number of nitrogens with zero attached hydrogens (tertiary/aromatic N) is 2. The van der Waals surface area contributed by atoms with Crippen molar-refractivity contribution in [2.24, 2.45) is 17.6 Å². The fraction of sp³-hybridized carbons (Fsp3) is 0.421. The van der Waals surface area contributed by atoms with Gasteiger partial charge in [-0.25, -0.2) is 0 Å². The average molecular weight is 403 g/mol. The Labute approximate surface area is 168 Å². The number of halogens is 3. The van der Waals surface area contributed by atoms with Crippen LogP contribution in [-0.2, 0) is 0 Å². The van der Waals surface area contributed by atoms with Gasteiger partial charge in [-0.05, 0) is 48.9 Å². The third kappa shape index (κ3) is 3.96. The summed E-state index contributed by atoms with van der Waals surface area (Å²) in [5.74, 6) is 1.40. The zero-order chi connectivity index (χ0) is 15.1. The summed E-state index contributed by atoms with van der Waals surface area (Å²) in [4.78, 5) is 7.04. The van der Waals surface area contributed by atoms with Crippen LogP contribution < -0.4 is 5.73 Å². The van der Waals surface area contributed by atoms with E-state index in [0.717, 1.165) is 18.0 Å². The highest BCUT2D eigenvalue weighted by Gasteiger charge is 2.41. The van der Waals surface area contributed by atoms with Gasteiger partial charge >= 0.3 is 0 Å². The zero-order valence-corrected chi connectivity index (χ0v) is 16.5. The van der Waals surface area contributed by atoms with Crippen molar-refractivity contribution in [2.75, 3.05) is 13.1 Å². The molecule has 3 aliphatic rings. The van der Waals surface area contributed by atoms with Crippen molar-refractivity contribution in [1.29, 1.82) is 0 Å². The van der Waals surface area contributed by atoms with Crippen LogP contribution in [0.5, 0.6) is 0 Å². The third-order valence-corrected chi connectivity index (χ3v) is 5.61. The van der Waals surface area contributed by atoms with Crippen LogP contribution in [0.2, 0.25) is 0 Å². The Hall–Kier alpha value is -0.840. The quantitative estimate of drug-likeness (QED) is 0.774. The topological polar surface area (TPSA) is 42.1 Å². The molecule has 3 saturated heterocycles. The molecular weight excluding hydrogens is 377 g/mol. The number of fused-ring (bicyclic) bond motifs is 4. The lowest BCUT2D eigenvalue weighted by Gasteiger charge is -2.51. The van der Waals surface area contributed by atoms with Gasteiger partial charge in [-0.15, -0.1) is 43.8 Å². The molecule has 1 aromatic heterocycles. The fourth-order valence-electron chi connectivity index (χ4n) is 4.37. The summed E-state index contributed by atoms with van der Waals surface area (Å²) < 4.78 is 0. The molecule has 3 nitrogen and oxygen atoms in total. The van der Waals surface area contributed by atoms with E-state index in [1.807, 2.05) is 12.3 Å². The molecule has 25 heavy (non-hydrogen) atoms. The summed E-state index contributed by atoms with van der Waals surface area (Å²) in [7, 11) is 0. The van der Waals surface area contributed by atoms with Gasteiger partial charge in [0.05, 0.1) is 5.52 Å². The van der Waals surface area contributed by atoms with Crippen molar-refractivity contribution >= 4 is 48.1 Å². The fourth-order valence-corrected chi connectivity index (χ4v) is 4.37. The summed E-state index contributed by atoms with van der Waals surface area (Å²) in [6.45, 7) is 6.30. The van der Waals surface area contributed by atoms with Gasteiger partial charge in [0.1, 0.15) is 0 Å². The number of benzene rings is 1. The number of rotatable bonds is 3. The normalized spacial score (nSPS) is 28.2. The van der Waals surface area contributed by atoms with E-state index in [9.17, 15) is 0 Å². The van der Waals surface area contributed by atoms with E-state index < -0.39 is 0 Å². The number of piperidine rings is 3. The maximum atomic E-state index is 6.71. The van der Waals surface area contributed by atoms with Gasteiger partial charge in [0, 0.05) is 30.2 Å². The van der Waals surface area contributed by atoms with Crippen LogP contribution in [0, 0.1) is 11.8 Å². The molecule has 3 fully saturated rings. The Morgan fingerprint density at radius 2 is 1.96 bits per heavy atom. The lowest BCUT2D eigenvalue weighted by Crippen LogP contribution is -2.56. The van der Waals surface area contributed by atoms with E-state index in [1.54, 1.807) is 0 Å². The van der Waals surface area contributed by atoms with Crippen LogP contribution in [-0.4, -0.2) is 29.0 Å². The lowest BCUT2D eigenvalue weighted by atomic mass is 9.73. The van der Waals surface area contributed by atoms with Crippen LogP contribution >= 0.6 is 37.2 Å². The van der Waals surface area contributed by atoms with Crippen molar-refractivity contribution in [3.8, 4) is 0 Å². The number of para-hydroxylation sites is 1. The van der Waals surface area contributed by atoms with E-state index in [2.05, 4.69) is 46.8 Å². The highest BCUT2D eigenvalue weighted by molar-refractivity contribution is 5.86. The lowest BCUT2D eigenvalue weighted by molar-refractivity contribution is 0.00749. The van der Waals surface area contributed by atoms with Gasteiger partial charge in [-0.1, -0.05) is 24.3 Å². The van der Waals surface area contributed by atoms with Crippen LogP contribution in [0.1, 0.15) is 24.4 Å². The smallest absolute Gasteiger partial charge is 0.0705 e. The molecule has 5 rings (SSSR count). The molecule has 5 atom stereocenters. The van der Waals surface area contributed by atoms with Crippen LogP contribution in [0.4, 0.5) is 0 Å². The minimum atomic E-state index is 0. The largest absolute Gasteiger partial charge is 0.323 e. The van der Waals surface area contributed by atoms with Gasteiger partial charge < -0.3 is 5.73 Å². The SMILES string of the molecule is C=CC1CN2CCC1CC2[C@@H](N)c1ccnc2ccccc12.Cl.Cl.Cl. The number of aromatic nitrogens is 1. The molecule has 0 radical (unpaired) electrons. The molecule has 0 spiro atoms. The first-order valence-corrected chi connectivity index (χ1v) is 8.24. The highest BCUT2D eigenvalue weighted by Crippen LogP contribution is 2.41. The molecular formula is C19H26Cl3N3. The van der Waals surface area contributed by atoms with E-state index in [0.29, 0.717) is 12.0 Å². The van der Waals surface area contributed by atoms with Crippen LogP contribution in [0.25, 0.3) is 10.9 Å². The molecule has 2 N–H and O–H groups in total. The third-order valence-electron chi connectivity index (χ3n) is 5.61. The monoisotopic (exact) mass is 401 g/mol. The zero-order valence-electron chi connectivity index (χ0n) is 14.1. The van der Waals surface area contributed by atoms with E-state index in [4.69, 9.17) is 5.73 Å². The van der Waals surface area contributed by atoms with Gasteiger partial charge in [0.25, 0.3) is 0 Å². The molecule has 0 aliphatic carbocycles. The van der Waals surface area contributed by atoms with Crippen LogP contribution in [0.3, 0.4) is 0 Å². The van der Waals surface area contributed by atoms with E-state index in [1.165, 1.54) is 30.3 Å². The first-order valence-electron chi connectivity index (χ1n) is 8.24. The van der Waals surface area contributed by atoms with Gasteiger partial charge in [-0.2, -0.15) is 0 Å². The van der Waals surface area contributed by atoms with Gasteiger partial charge in [0.2, 0.25) is 0 Å². The summed E-state index contributed by atoms with van der Waals surface area (Å²) in [6.07, 6.45) is 6.51. The van der Waals surface area contributed by atoms with Crippen molar-refractivity contribution < 1.29 is 0 Å². The number of nitrogens with two attached hydrogens (primary N) is 1. The summed E-state index contributed by atoms with van der Waals surface area (Å²) >= 11 is 0. The van der Waals surface area contributed by atoms with Crippen molar-refractivity contribution in [3.63, 3.8) is 0 Å². The second-order valence-corrected chi connectivity index (χ2v) is 6.69. The Kier molecular flexibility index (Phi) is 8.17.